The van der Waals surface area contributed by atoms with Crippen LogP contribution in [0.15, 0.2) is 54.4 Å². The van der Waals surface area contributed by atoms with Crippen molar-refractivity contribution in [2.45, 2.75) is 39.0 Å². The summed E-state index contributed by atoms with van der Waals surface area (Å²) in [5, 5.41) is 6.17. The third kappa shape index (κ3) is 6.17. The zero-order valence-electron chi connectivity index (χ0n) is 16.7. The van der Waals surface area contributed by atoms with Gasteiger partial charge in [-0.2, -0.15) is 0 Å². The van der Waals surface area contributed by atoms with Crippen molar-refractivity contribution in [2.24, 2.45) is 0 Å². The minimum Gasteiger partial charge on any atom is -0.462 e. The first-order valence-electron chi connectivity index (χ1n) is 10.1. The molecule has 0 unspecified atom stereocenters. The van der Waals surface area contributed by atoms with Crippen molar-refractivity contribution in [1.29, 1.82) is 0 Å². The van der Waals surface area contributed by atoms with Crippen LogP contribution in [-0.2, 0) is 4.74 Å². The van der Waals surface area contributed by atoms with Gasteiger partial charge in [0.05, 0.1) is 29.6 Å². The van der Waals surface area contributed by atoms with Gasteiger partial charge in [-0.3, -0.25) is 9.78 Å². The molecule has 0 atom stereocenters. The van der Waals surface area contributed by atoms with Gasteiger partial charge >= 0.3 is 5.97 Å². The Morgan fingerprint density at radius 2 is 1.90 bits per heavy atom. The molecule has 1 aromatic carbocycles. The lowest BCUT2D eigenvalue weighted by atomic mass is 9.97. The Labute approximate surface area is 171 Å². The lowest BCUT2D eigenvalue weighted by Crippen LogP contribution is -2.25. The summed E-state index contributed by atoms with van der Waals surface area (Å²) in [6, 6.07) is 8.74. The summed E-state index contributed by atoms with van der Waals surface area (Å²) >= 11 is 0. The lowest BCUT2D eigenvalue weighted by molar-refractivity contribution is 0.0526. The van der Waals surface area contributed by atoms with Gasteiger partial charge in [-0.1, -0.05) is 11.6 Å². The van der Waals surface area contributed by atoms with Crippen molar-refractivity contribution in [2.75, 3.05) is 18.5 Å². The Morgan fingerprint density at radius 1 is 1.07 bits per heavy atom. The van der Waals surface area contributed by atoms with Crippen molar-refractivity contribution in [1.82, 2.24) is 10.3 Å². The highest BCUT2D eigenvalue weighted by molar-refractivity contribution is 5.95. The molecule has 6 nitrogen and oxygen atoms in total. The maximum Gasteiger partial charge on any atom is 0.338 e. The normalized spacial score (nSPS) is 13.3. The number of hydrogen-bond acceptors (Lipinski definition) is 5. The Bertz CT molecular complexity index is 875. The average Bonchev–Trinajstić information content (AvgIpc) is 2.75. The van der Waals surface area contributed by atoms with Gasteiger partial charge in [0.25, 0.3) is 5.91 Å². The molecule has 0 bridgehead atoms. The number of allylic oxidation sites excluding steroid dienone is 1. The van der Waals surface area contributed by atoms with Crippen LogP contribution in [0, 0.1) is 0 Å². The summed E-state index contributed by atoms with van der Waals surface area (Å²) in [6.45, 7) is 2.76. The van der Waals surface area contributed by atoms with Crippen LogP contribution < -0.4 is 10.6 Å². The Morgan fingerprint density at radius 3 is 2.62 bits per heavy atom. The lowest BCUT2D eigenvalue weighted by Gasteiger charge is -2.13. The van der Waals surface area contributed by atoms with Crippen LogP contribution in [0.2, 0.25) is 0 Å². The van der Waals surface area contributed by atoms with Crippen molar-refractivity contribution < 1.29 is 14.3 Å². The first kappa shape index (κ1) is 20.6. The number of carbonyl (C=O) groups excluding carboxylic acids is 2. The number of hydrogen-bond donors (Lipinski definition) is 2. The van der Waals surface area contributed by atoms with Crippen LogP contribution in [0.4, 0.5) is 11.4 Å². The van der Waals surface area contributed by atoms with E-state index in [1.165, 1.54) is 18.4 Å². The second kappa shape index (κ2) is 10.4. The zero-order valence-corrected chi connectivity index (χ0v) is 16.7. The molecule has 152 valence electrons. The number of benzene rings is 1. The van der Waals surface area contributed by atoms with Crippen molar-refractivity contribution in [3.8, 4) is 0 Å². The number of carbonyl (C=O) groups is 2. The molecule has 0 aliphatic heterocycles. The summed E-state index contributed by atoms with van der Waals surface area (Å²) in [4.78, 5) is 28.3. The van der Waals surface area contributed by atoms with E-state index < -0.39 is 0 Å². The highest BCUT2D eigenvalue weighted by Crippen LogP contribution is 2.20. The molecule has 3 rings (SSSR count). The van der Waals surface area contributed by atoms with E-state index in [2.05, 4.69) is 21.7 Å². The fourth-order valence-electron chi connectivity index (χ4n) is 3.27. The maximum atomic E-state index is 12.4. The summed E-state index contributed by atoms with van der Waals surface area (Å²) < 4.78 is 4.98. The number of anilines is 2. The molecule has 0 fully saturated rings. The third-order valence-corrected chi connectivity index (χ3v) is 4.80. The van der Waals surface area contributed by atoms with Gasteiger partial charge in [-0.15, -0.1) is 0 Å². The number of nitrogens with zero attached hydrogens (tertiary/aromatic N) is 1. The monoisotopic (exact) mass is 393 g/mol. The summed E-state index contributed by atoms with van der Waals surface area (Å²) in [6.07, 6.45) is 11.2. The molecule has 1 heterocycles. The van der Waals surface area contributed by atoms with E-state index in [1.54, 1.807) is 49.6 Å². The summed E-state index contributed by atoms with van der Waals surface area (Å²) in [5.41, 5.74) is 3.95. The van der Waals surface area contributed by atoms with Gasteiger partial charge in [0, 0.05) is 18.4 Å². The van der Waals surface area contributed by atoms with Crippen molar-refractivity contribution in [3.63, 3.8) is 0 Å². The number of esters is 1. The van der Waals surface area contributed by atoms with Gasteiger partial charge in [0.15, 0.2) is 0 Å². The number of ether oxygens (including phenoxy) is 1. The van der Waals surface area contributed by atoms with E-state index in [0.29, 0.717) is 30.0 Å². The van der Waals surface area contributed by atoms with Crippen LogP contribution in [0.5, 0.6) is 0 Å². The van der Waals surface area contributed by atoms with Gasteiger partial charge < -0.3 is 15.4 Å². The second-order valence-corrected chi connectivity index (χ2v) is 7.00. The smallest absolute Gasteiger partial charge is 0.338 e. The fourth-order valence-corrected chi connectivity index (χ4v) is 3.27. The van der Waals surface area contributed by atoms with E-state index in [1.807, 2.05) is 0 Å². The molecule has 0 saturated heterocycles. The van der Waals surface area contributed by atoms with E-state index in [-0.39, 0.29) is 11.9 Å². The third-order valence-electron chi connectivity index (χ3n) is 4.80. The molecule has 1 aromatic heterocycles. The topological polar surface area (TPSA) is 80.3 Å². The molecule has 2 N–H and O–H groups in total. The second-order valence-electron chi connectivity index (χ2n) is 7.00. The minimum absolute atomic E-state index is 0.129. The largest absolute Gasteiger partial charge is 0.462 e. The van der Waals surface area contributed by atoms with Crippen LogP contribution in [0.25, 0.3) is 0 Å². The predicted molar refractivity (Wildman–Crippen MR) is 113 cm³/mol. The molecule has 29 heavy (non-hydrogen) atoms. The average molecular weight is 393 g/mol. The molecule has 2 aromatic rings. The van der Waals surface area contributed by atoms with E-state index in [4.69, 9.17) is 4.74 Å². The molecule has 0 spiro atoms. The zero-order chi connectivity index (χ0) is 20.5. The molecule has 1 amide bonds. The molecule has 0 radical (unpaired) electrons. The predicted octanol–water partition coefficient (Wildman–Crippen LogP) is 4.62. The maximum absolute atomic E-state index is 12.4. The van der Waals surface area contributed by atoms with Crippen LogP contribution in [-0.4, -0.2) is 30.0 Å². The Balaban J connectivity index is 1.55. The van der Waals surface area contributed by atoms with Gasteiger partial charge in [0.1, 0.15) is 0 Å². The fraction of sp³-hybridized carbons (Fsp3) is 0.348. The van der Waals surface area contributed by atoms with E-state index >= 15 is 0 Å². The number of nitrogens with one attached hydrogen (secondary N) is 2. The number of aromatic nitrogens is 1. The highest BCUT2D eigenvalue weighted by atomic mass is 16.5. The van der Waals surface area contributed by atoms with Crippen LogP contribution in [0.1, 0.15) is 59.7 Å². The van der Waals surface area contributed by atoms with Gasteiger partial charge in [-0.05, 0) is 69.4 Å². The first-order valence-corrected chi connectivity index (χ1v) is 10.1. The van der Waals surface area contributed by atoms with Gasteiger partial charge in [0.2, 0.25) is 0 Å². The highest BCUT2D eigenvalue weighted by Gasteiger charge is 2.09. The number of pyridine rings is 1. The van der Waals surface area contributed by atoms with E-state index in [9.17, 15) is 9.59 Å². The standard InChI is InChI=1S/C23H27N3O3/c1-2-29-23(28)18-8-10-20(11-9-18)26-21-14-19(15-24-16-21)22(27)25-13-12-17-6-4-3-5-7-17/h6,8-11,14-16,26H,2-5,7,12-13H2,1H3,(H,25,27). The molecule has 0 saturated carbocycles. The molecule has 1 aliphatic carbocycles. The minimum atomic E-state index is -0.344. The SMILES string of the molecule is CCOC(=O)c1ccc(Nc2cncc(C(=O)NCCC3=CCCCC3)c2)cc1. The number of rotatable bonds is 8. The molecule has 1 aliphatic rings. The molecular weight excluding hydrogens is 366 g/mol. The molecular formula is C23H27N3O3. The Kier molecular flexibility index (Phi) is 7.39. The first-order chi connectivity index (χ1) is 14.2. The summed E-state index contributed by atoms with van der Waals surface area (Å²) in [5.74, 6) is -0.474. The van der Waals surface area contributed by atoms with E-state index in [0.717, 1.165) is 24.9 Å². The van der Waals surface area contributed by atoms with Crippen LogP contribution in [0.3, 0.4) is 0 Å². The Hall–Kier alpha value is -3.15. The quantitative estimate of drug-likeness (QED) is 0.505. The van der Waals surface area contributed by atoms with Crippen molar-refractivity contribution in [3.05, 3.63) is 65.5 Å². The van der Waals surface area contributed by atoms with Crippen molar-refractivity contribution >= 4 is 23.3 Å². The summed E-state index contributed by atoms with van der Waals surface area (Å²) in [7, 11) is 0. The van der Waals surface area contributed by atoms with Gasteiger partial charge in [-0.25, -0.2) is 4.79 Å². The number of amides is 1. The van der Waals surface area contributed by atoms with Crippen LogP contribution >= 0.6 is 0 Å². The molecule has 6 heteroatoms.